The fourth-order valence-electron chi connectivity index (χ4n) is 3.43. The molecule has 1 amide bonds. The maximum absolute atomic E-state index is 12.7. The van der Waals surface area contributed by atoms with Crippen LogP contribution in [0.15, 0.2) is 59.4 Å². The van der Waals surface area contributed by atoms with Gasteiger partial charge in [-0.05, 0) is 29.8 Å². The lowest BCUT2D eigenvalue weighted by atomic mass is 10.0. The molecule has 0 unspecified atom stereocenters. The van der Waals surface area contributed by atoms with Gasteiger partial charge in [0.2, 0.25) is 0 Å². The number of hydrogen-bond donors (Lipinski definition) is 1. The number of hydrogen-bond acceptors (Lipinski definition) is 4. The Bertz CT molecular complexity index is 1040. The number of nitrogens with one attached hydrogen (secondary N) is 1. The van der Waals surface area contributed by atoms with E-state index in [9.17, 15) is 9.59 Å². The molecule has 0 spiro atoms. The Balaban J connectivity index is 1.53. The number of amides is 1. The minimum Gasteiger partial charge on any atom is -0.497 e. The van der Waals surface area contributed by atoms with Crippen molar-refractivity contribution >= 4 is 5.91 Å². The van der Waals surface area contributed by atoms with E-state index in [1.165, 1.54) is 0 Å². The summed E-state index contributed by atoms with van der Waals surface area (Å²) in [6, 6.07) is 16.8. The summed E-state index contributed by atoms with van der Waals surface area (Å²) >= 11 is 0. The second-order valence-corrected chi connectivity index (χ2v) is 6.81. The molecule has 1 aliphatic heterocycles. The zero-order valence-electron chi connectivity index (χ0n) is 15.6. The second kappa shape index (κ2) is 7.68. The molecule has 0 saturated carbocycles. The van der Waals surface area contributed by atoms with Gasteiger partial charge in [-0.15, -0.1) is 0 Å². The van der Waals surface area contributed by atoms with Gasteiger partial charge in [0.1, 0.15) is 11.6 Å². The Kier molecular flexibility index (Phi) is 4.93. The molecule has 2 aromatic carbocycles. The Hall–Kier alpha value is -3.41. The van der Waals surface area contributed by atoms with Crippen LogP contribution in [0.25, 0.3) is 0 Å². The van der Waals surface area contributed by atoms with Crippen LogP contribution in [-0.2, 0) is 19.4 Å². The van der Waals surface area contributed by atoms with Gasteiger partial charge in [0.25, 0.3) is 11.5 Å². The molecule has 28 heavy (non-hydrogen) atoms. The molecule has 1 aliphatic rings. The fraction of sp³-hybridized carbons (Fsp3) is 0.227. The van der Waals surface area contributed by atoms with Gasteiger partial charge in [-0.3, -0.25) is 9.59 Å². The van der Waals surface area contributed by atoms with E-state index in [-0.39, 0.29) is 18.0 Å². The van der Waals surface area contributed by atoms with Gasteiger partial charge in [0.15, 0.2) is 0 Å². The summed E-state index contributed by atoms with van der Waals surface area (Å²) in [5.41, 5.74) is 2.87. The highest BCUT2D eigenvalue weighted by Gasteiger charge is 2.25. The largest absolute Gasteiger partial charge is 0.497 e. The van der Waals surface area contributed by atoms with Crippen molar-refractivity contribution in [2.45, 2.75) is 19.4 Å². The molecule has 3 aromatic rings. The number of methoxy groups -OCH3 is 1. The Morgan fingerprint density at radius 2 is 1.89 bits per heavy atom. The number of H-pyrrole nitrogens is 1. The monoisotopic (exact) mass is 375 g/mol. The summed E-state index contributed by atoms with van der Waals surface area (Å²) in [6.07, 6.45) is 1.12. The van der Waals surface area contributed by atoms with Gasteiger partial charge in [0, 0.05) is 24.9 Å². The minimum atomic E-state index is -0.168. The van der Waals surface area contributed by atoms with E-state index in [0.717, 1.165) is 17.0 Å². The molecule has 0 aliphatic carbocycles. The number of carbonyl (C=O) groups is 1. The number of fused-ring (bicyclic) bond motifs is 1. The summed E-state index contributed by atoms with van der Waals surface area (Å²) in [4.78, 5) is 34.5. The van der Waals surface area contributed by atoms with Crippen LogP contribution >= 0.6 is 0 Å². The van der Waals surface area contributed by atoms with Crippen LogP contribution in [0.3, 0.4) is 0 Å². The zero-order chi connectivity index (χ0) is 19.5. The maximum atomic E-state index is 12.7. The molecule has 6 nitrogen and oxygen atoms in total. The first-order valence-electron chi connectivity index (χ1n) is 9.22. The average molecular weight is 375 g/mol. The first kappa shape index (κ1) is 18.0. The van der Waals surface area contributed by atoms with E-state index in [1.807, 2.05) is 42.5 Å². The third-order valence-electron chi connectivity index (χ3n) is 4.96. The summed E-state index contributed by atoms with van der Waals surface area (Å²) in [5.74, 6) is 1.36. The molecule has 6 heteroatoms. The van der Waals surface area contributed by atoms with Crippen molar-refractivity contribution in [3.63, 3.8) is 0 Å². The van der Waals surface area contributed by atoms with Crippen molar-refractivity contribution in [2.24, 2.45) is 0 Å². The van der Waals surface area contributed by atoms with Crippen molar-refractivity contribution in [2.75, 3.05) is 13.7 Å². The molecular weight excluding hydrogens is 354 g/mol. The number of benzene rings is 2. The highest BCUT2D eigenvalue weighted by atomic mass is 16.5. The number of rotatable bonds is 4. The lowest BCUT2D eigenvalue weighted by Crippen LogP contribution is -2.39. The summed E-state index contributed by atoms with van der Waals surface area (Å²) in [5, 5.41) is 0. The van der Waals surface area contributed by atoms with E-state index >= 15 is 0 Å². The zero-order valence-corrected chi connectivity index (χ0v) is 15.6. The highest BCUT2D eigenvalue weighted by Crippen LogP contribution is 2.18. The van der Waals surface area contributed by atoms with Gasteiger partial charge < -0.3 is 14.6 Å². The van der Waals surface area contributed by atoms with Gasteiger partial charge in [-0.1, -0.05) is 30.3 Å². The fourth-order valence-corrected chi connectivity index (χ4v) is 3.43. The third kappa shape index (κ3) is 3.67. The standard InChI is InChI=1S/C22H21N3O3/c1-28-17-9-7-15(8-10-17)13-20-23-19-11-12-25(14-18(19)21(26)24-20)22(27)16-5-3-2-4-6-16/h2-10H,11-14H2,1H3,(H,23,24,26). The maximum Gasteiger partial charge on any atom is 0.256 e. The molecule has 1 aromatic heterocycles. The average Bonchev–Trinajstić information content (AvgIpc) is 2.74. The first-order valence-corrected chi connectivity index (χ1v) is 9.22. The molecule has 0 saturated heterocycles. The van der Waals surface area contributed by atoms with Crippen LogP contribution in [0.2, 0.25) is 0 Å². The molecule has 0 bridgehead atoms. The number of aromatic nitrogens is 2. The Morgan fingerprint density at radius 1 is 1.14 bits per heavy atom. The summed E-state index contributed by atoms with van der Waals surface area (Å²) in [6.45, 7) is 0.841. The molecule has 2 heterocycles. The number of nitrogens with zero attached hydrogens (tertiary/aromatic N) is 2. The Labute approximate surface area is 162 Å². The van der Waals surface area contributed by atoms with Crippen molar-refractivity contribution in [1.29, 1.82) is 0 Å². The van der Waals surface area contributed by atoms with Crippen LogP contribution in [0.1, 0.15) is 33.0 Å². The molecule has 1 N–H and O–H groups in total. The predicted molar refractivity (Wildman–Crippen MR) is 106 cm³/mol. The topological polar surface area (TPSA) is 75.3 Å². The highest BCUT2D eigenvalue weighted by molar-refractivity contribution is 5.94. The molecule has 0 atom stereocenters. The number of ether oxygens (including phenoxy) is 1. The van der Waals surface area contributed by atoms with Crippen LogP contribution in [0.4, 0.5) is 0 Å². The molecule has 142 valence electrons. The molecule has 0 fully saturated rings. The van der Waals surface area contributed by atoms with E-state index in [4.69, 9.17) is 4.74 Å². The third-order valence-corrected chi connectivity index (χ3v) is 4.96. The number of aromatic amines is 1. The van der Waals surface area contributed by atoms with Crippen LogP contribution in [-0.4, -0.2) is 34.4 Å². The van der Waals surface area contributed by atoms with Crippen molar-refractivity contribution < 1.29 is 9.53 Å². The van der Waals surface area contributed by atoms with E-state index in [1.54, 1.807) is 24.1 Å². The minimum absolute atomic E-state index is 0.0621. The second-order valence-electron chi connectivity index (χ2n) is 6.81. The number of carbonyl (C=O) groups excluding carboxylic acids is 1. The van der Waals surface area contributed by atoms with Crippen LogP contribution in [0, 0.1) is 0 Å². The molecular formula is C22H21N3O3. The van der Waals surface area contributed by atoms with Crippen molar-refractivity contribution in [3.05, 3.63) is 93.2 Å². The van der Waals surface area contributed by atoms with E-state index < -0.39 is 0 Å². The van der Waals surface area contributed by atoms with E-state index in [2.05, 4.69) is 9.97 Å². The first-order chi connectivity index (χ1) is 13.6. The molecule has 0 radical (unpaired) electrons. The van der Waals surface area contributed by atoms with Gasteiger partial charge >= 0.3 is 0 Å². The van der Waals surface area contributed by atoms with Gasteiger partial charge in [0.05, 0.1) is 24.9 Å². The van der Waals surface area contributed by atoms with E-state index in [0.29, 0.717) is 36.3 Å². The quantitative estimate of drug-likeness (QED) is 0.761. The van der Waals surface area contributed by atoms with Crippen molar-refractivity contribution in [1.82, 2.24) is 14.9 Å². The lowest BCUT2D eigenvalue weighted by molar-refractivity contribution is 0.0732. The van der Waals surface area contributed by atoms with Crippen LogP contribution < -0.4 is 10.3 Å². The SMILES string of the molecule is COc1ccc(Cc2nc3c(c(=O)[nH]2)CN(C(=O)c2ccccc2)CC3)cc1. The Morgan fingerprint density at radius 3 is 2.61 bits per heavy atom. The normalized spacial score (nSPS) is 13.1. The summed E-state index contributed by atoms with van der Waals surface area (Å²) < 4.78 is 5.17. The van der Waals surface area contributed by atoms with Gasteiger partial charge in [-0.2, -0.15) is 0 Å². The molecule has 4 rings (SSSR count). The van der Waals surface area contributed by atoms with Crippen molar-refractivity contribution in [3.8, 4) is 5.75 Å². The van der Waals surface area contributed by atoms with Crippen LogP contribution in [0.5, 0.6) is 5.75 Å². The lowest BCUT2D eigenvalue weighted by Gasteiger charge is -2.28. The summed E-state index contributed by atoms with van der Waals surface area (Å²) in [7, 11) is 1.63. The van der Waals surface area contributed by atoms with Gasteiger partial charge in [-0.25, -0.2) is 4.98 Å². The smallest absolute Gasteiger partial charge is 0.256 e. The predicted octanol–water partition coefficient (Wildman–Crippen LogP) is 2.57.